The molecule has 17 heteroatoms. The van der Waals surface area contributed by atoms with Crippen LogP contribution in [-0.2, 0) is 0 Å². The fraction of sp³-hybridized carbons (Fsp3) is 0.0826. The zero-order valence-corrected chi connectivity index (χ0v) is 77.7. The first-order chi connectivity index (χ1) is 66.9. The molecule has 0 radical (unpaired) electrons. The number of hydrogen-bond donors (Lipinski definition) is 0. The second kappa shape index (κ2) is 47.5. The number of benzene rings is 17. The van der Waals surface area contributed by atoms with E-state index in [1.165, 1.54) is 0 Å². The molecule has 17 rings (SSSR count). The van der Waals surface area contributed by atoms with Crippen molar-refractivity contribution in [1.82, 2.24) is 0 Å². The lowest BCUT2D eigenvalue weighted by molar-refractivity contribution is 0.102. The van der Waals surface area contributed by atoms with Crippen molar-refractivity contribution in [3.05, 3.63) is 540 Å². The van der Waals surface area contributed by atoms with Gasteiger partial charge in [0, 0.05) is 100 Å². The SMILES string of the molecule is COc1ccc(C(=O)c2ccc(C(=O)c3ccc(C)cc3)cc2)cc1.COc1ccc(C(=O)c2ccc(C)cc2)cc1.COc1ccc(C(=O)c2ccc(Oc3ccc(C(=O)c4ccc(C(=O)c5ccc(C)cc5)cc4)cc3)cc2)cc1.COc1ccc(Oc2ccc(C(=O)c3ccc(C(=O)c4ccc(C)cc4)cc3)cc2)cc1.COc1ccc(Oc2ccc(C(=O)c3ccc(C)cc3)cc2)cc1. The molecule has 0 saturated heterocycles. The van der Waals surface area contributed by atoms with E-state index in [0.29, 0.717) is 146 Å². The highest BCUT2D eigenvalue weighted by molar-refractivity contribution is 6.15. The first kappa shape index (κ1) is 97.7. The molecule has 17 aromatic carbocycles. The Bertz CT molecular complexity index is 7030. The summed E-state index contributed by atoms with van der Waals surface area (Å²) in [6, 6.07) is 121. The molecular weight excluding hydrogens is 1730 g/mol. The monoisotopic (exact) mass is 1820 g/mol. The van der Waals surface area contributed by atoms with Gasteiger partial charge in [0.1, 0.15) is 63.2 Å². The molecule has 0 aromatic heterocycles. The van der Waals surface area contributed by atoms with Crippen LogP contribution in [-0.4, -0.2) is 87.6 Å². The lowest BCUT2D eigenvalue weighted by Gasteiger charge is -2.08. The Hall–Kier alpha value is -17.8. The first-order valence-electron chi connectivity index (χ1n) is 44.1. The van der Waals surface area contributed by atoms with Crippen LogP contribution < -0.4 is 37.9 Å². The normalized spacial score (nSPS) is 10.4. The zero-order chi connectivity index (χ0) is 97.6. The van der Waals surface area contributed by atoms with Crippen LogP contribution in [0.2, 0.25) is 0 Å². The van der Waals surface area contributed by atoms with E-state index < -0.39 is 0 Å². The highest BCUT2D eigenvalue weighted by atomic mass is 16.5. The van der Waals surface area contributed by atoms with Gasteiger partial charge < -0.3 is 37.9 Å². The number of ether oxygens (including phenoxy) is 8. The summed E-state index contributed by atoms with van der Waals surface area (Å²) in [6.45, 7) is 9.93. The van der Waals surface area contributed by atoms with E-state index in [4.69, 9.17) is 37.9 Å². The summed E-state index contributed by atoms with van der Waals surface area (Å²) in [5.41, 5.74) is 16.1. The summed E-state index contributed by atoms with van der Waals surface area (Å²) in [5.74, 6) is 6.91. The summed E-state index contributed by atoms with van der Waals surface area (Å²) in [5, 5.41) is 0. The Balaban J connectivity index is 0.000000149. The van der Waals surface area contributed by atoms with Gasteiger partial charge in [-0.3, -0.25) is 43.2 Å². The number of aryl methyl sites for hydroxylation is 5. The van der Waals surface area contributed by atoms with Crippen LogP contribution in [0.5, 0.6) is 63.2 Å². The van der Waals surface area contributed by atoms with Crippen molar-refractivity contribution in [3.8, 4) is 63.2 Å². The number of carbonyl (C=O) groups excluding carboxylic acids is 9. The van der Waals surface area contributed by atoms with Crippen LogP contribution >= 0.6 is 0 Å². The Morgan fingerprint density at radius 1 is 0.116 bits per heavy atom. The standard InChI is InChI=1S/C35H26O5.C28H22O4.C22H18O3.C21H18O3.C15H14O2/c1-23-3-5-24(6-4-23)33(36)25-7-9-26(10-8-25)34(37)28-13-19-31(20-14-28)40-32-21-15-29(16-22-32)35(38)27-11-17-30(39-2)18-12-27;1-19-3-5-20(6-4-19)27(29)21-7-9-22(10-8-21)28(30)23-11-13-25(14-12-23)32-26-17-15-24(31-2)16-18-26;1-15-3-5-16(6-4-15)21(23)17-7-9-18(10-8-17)22(24)19-11-13-20(25-2)14-12-19;1-15-3-5-16(6-4-15)21(22)17-7-9-19(10-8-17)24-20-13-11-18(23-2)12-14-20;1-11-3-5-12(6-4-11)15(16)13-7-9-14(17-2)10-8-13/h3-22H,1-2H3;3-18H,1-2H3;3-14H,1-2H3;3-14H,1-2H3;3-10H,1-2H3. The smallest absolute Gasteiger partial charge is 0.193 e. The van der Waals surface area contributed by atoms with Crippen molar-refractivity contribution in [2.24, 2.45) is 0 Å². The van der Waals surface area contributed by atoms with Crippen LogP contribution in [0.15, 0.2) is 413 Å². The summed E-state index contributed by atoms with van der Waals surface area (Å²) >= 11 is 0. The highest BCUT2D eigenvalue weighted by Crippen LogP contribution is 2.31. The summed E-state index contributed by atoms with van der Waals surface area (Å²) < 4.78 is 43.0. The number of hydrogen-bond acceptors (Lipinski definition) is 17. The van der Waals surface area contributed by atoms with E-state index in [-0.39, 0.29) is 52.0 Å². The quantitative estimate of drug-likeness (QED) is 0.0397. The van der Waals surface area contributed by atoms with Crippen molar-refractivity contribution in [2.75, 3.05) is 35.5 Å². The molecule has 0 aliphatic rings. The third-order valence-electron chi connectivity index (χ3n) is 22.1. The molecule has 0 spiro atoms. The van der Waals surface area contributed by atoms with Crippen LogP contribution in [0.25, 0.3) is 0 Å². The number of methoxy groups -OCH3 is 5. The molecule has 0 aliphatic heterocycles. The second-order valence-electron chi connectivity index (χ2n) is 32.0. The van der Waals surface area contributed by atoms with Crippen molar-refractivity contribution in [3.63, 3.8) is 0 Å². The van der Waals surface area contributed by atoms with Gasteiger partial charge in [-0.15, -0.1) is 0 Å². The molecule has 0 unspecified atom stereocenters. The zero-order valence-electron chi connectivity index (χ0n) is 77.7. The Kier molecular flexibility index (Phi) is 33.6. The van der Waals surface area contributed by atoms with E-state index in [9.17, 15) is 43.2 Å². The minimum Gasteiger partial charge on any atom is -0.497 e. The predicted molar refractivity (Wildman–Crippen MR) is 537 cm³/mol. The molecule has 0 bridgehead atoms. The summed E-state index contributed by atoms with van der Waals surface area (Å²) in [7, 11) is 8.01. The van der Waals surface area contributed by atoms with Crippen LogP contribution in [0, 0.1) is 34.6 Å². The van der Waals surface area contributed by atoms with Crippen molar-refractivity contribution >= 4 is 52.0 Å². The maximum Gasteiger partial charge on any atom is 0.193 e. The molecule has 0 amide bonds. The van der Waals surface area contributed by atoms with Gasteiger partial charge in [-0.1, -0.05) is 222 Å². The lowest BCUT2D eigenvalue weighted by atomic mass is 9.98. The van der Waals surface area contributed by atoms with E-state index in [1.807, 2.05) is 192 Å². The maximum absolute atomic E-state index is 13.0. The van der Waals surface area contributed by atoms with Gasteiger partial charge in [-0.25, -0.2) is 0 Å². The van der Waals surface area contributed by atoms with Gasteiger partial charge in [0.15, 0.2) is 52.0 Å². The lowest BCUT2D eigenvalue weighted by Crippen LogP contribution is -2.04. The van der Waals surface area contributed by atoms with Crippen LogP contribution in [0.3, 0.4) is 0 Å². The van der Waals surface area contributed by atoms with E-state index in [1.54, 1.807) is 290 Å². The van der Waals surface area contributed by atoms with Crippen molar-refractivity contribution in [2.45, 2.75) is 34.6 Å². The van der Waals surface area contributed by atoms with Gasteiger partial charge in [0.2, 0.25) is 0 Å². The van der Waals surface area contributed by atoms with Crippen LogP contribution in [0.1, 0.15) is 171 Å². The molecule has 0 N–H and O–H groups in total. The fourth-order valence-electron chi connectivity index (χ4n) is 14.0. The van der Waals surface area contributed by atoms with E-state index in [2.05, 4.69) is 0 Å². The first-order valence-corrected chi connectivity index (χ1v) is 44.1. The highest BCUT2D eigenvalue weighted by Gasteiger charge is 2.20. The molecule has 0 fully saturated rings. The molecule has 17 nitrogen and oxygen atoms in total. The second-order valence-corrected chi connectivity index (χ2v) is 32.0. The molecule has 138 heavy (non-hydrogen) atoms. The minimum atomic E-state index is -0.151. The average Bonchev–Trinajstić information content (AvgIpc) is 0.832. The number of carbonyl (C=O) groups is 9. The third kappa shape index (κ3) is 26.8. The van der Waals surface area contributed by atoms with Crippen LogP contribution in [0.4, 0.5) is 0 Å². The maximum atomic E-state index is 13.0. The Morgan fingerprint density at radius 2 is 0.188 bits per heavy atom. The molecular formula is C121H98O17. The molecule has 0 aliphatic carbocycles. The van der Waals surface area contributed by atoms with Gasteiger partial charge in [0.05, 0.1) is 35.5 Å². The van der Waals surface area contributed by atoms with Gasteiger partial charge >= 0.3 is 0 Å². The average molecular weight is 1820 g/mol. The molecule has 17 aromatic rings. The fourth-order valence-corrected chi connectivity index (χ4v) is 14.0. The molecule has 0 saturated carbocycles. The van der Waals surface area contributed by atoms with Crippen molar-refractivity contribution < 1.29 is 81.0 Å². The van der Waals surface area contributed by atoms with Gasteiger partial charge in [-0.05, 0) is 253 Å². The third-order valence-corrected chi connectivity index (χ3v) is 22.1. The molecule has 684 valence electrons. The van der Waals surface area contributed by atoms with E-state index in [0.717, 1.165) is 45.1 Å². The molecule has 0 atom stereocenters. The molecule has 0 heterocycles. The number of rotatable bonds is 29. The van der Waals surface area contributed by atoms with Gasteiger partial charge in [-0.2, -0.15) is 0 Å². The number of ketones is 9. The van der Waals surface area contributed by atoms with E-state index >= 15 is 0 Å². The van der Waals surface area contributed by atoms with Gasteiger partial charge in [0.25, 0.3) is 0 Å². The topological polar surface area (TPSA) is 227 Å². The minimum absolute atomic E-state index is 0.00555. The predicted octanol–water partition coefficient (Wildman–Crippen LogP) is 26.5. The summed E-state index contributed by atoms with van der Waals surface area (Å²) in [4.78, 5) is 113. The summed E-state index contributed by atoms with van der Waals surface area (Å²) in [6.07, 6.45) is 0. The Morgan fingerprint density at radius 3 is 0.290 bits per heavy atom. The largest absolute Gasteiger partial charge is 0.497 e. The Labute approximate surface area is 802 Å². The van der Waals surface area contributed by atoms with Crippen molar-refractivity contribution in [1.29, 1.82) is 0 Å².